The van der Waals surface area contributed by atoms with Crippen molar-refractivity contribution >= 4 is 0 Å². The smallest absolute Gasteiger partial charge is 0.0685 e. The van der Waals surface area contributed by atoms with E-state index in [0.29, 0.717) is 0 Å². The summed E-state index contributed by atoms with van der Waals surface area (Å²) >= 11 is 0. The van der Waals surface area contributed by atoms with Gasteiger partial charge in [0.25, 0.3) is 0 Å². The third-order valence-corrected chi connectivity index (χ3v) is 4.10. The minimum absolute atomic E-state index is 0.0479. The van der Waals surface area contributed by atoms with Gasteiger partial charge in [0.05, 0.1) is 11.4 Å². The van der Waals surface area contributed by atoms with Crippen molar-refractivity contribution in [1.82, 2.24) is 9.78 Å². The fraction of sp³-hybridized carbons (Fsp3) is 0.550. The topological polar surface area (TPSA) is 43.8 Å². The molecule has 0 fully saturated rings. The van der Waals surface area contributed by atoms with E-state index >= 15 is 0 Å². The van der Waals surface area contributed by atoms with Crippen LogP contribution in [0.15, 0.2) is 30.3 Å². The Labute approximate surface area is 140 Å². The first-order valence-corrected chi connectivity index (χ1v) is 8.53. The molecule has 0 aliphatic carbocycles. The van der Waals surface area contributed by atoms with Gasteiger partial charge >= 0.3 is 0 Å². The Balaban J connectivity index is 2.43. The summed E-state index contributed by atoms with van der Waals surface area (Å²) < 4.78 is 2.10. The molecule has 0 saturated carbocycles. The zero-order chi connectivity index (χ0) is 17.3. The van der Waals surface area contributed by atoms with E-state index in [4.69, 9.17) is 10.8 Å². The van der Waals surface area contributed by atoms with Crippen LogP contribution in [0.1, 0.15) is 64.9 Å². The van der Waals surface area contributed by atoms with Crippen LogP contribution in [0.2, 0.25) is 0 Å². The molecule has 0 saturated heterocycles. The summed E-state index contributed by atoms with van der Waals surface area (Å²) in [7, 11) is 0. The Morgan fingerprint density at radius 2 is 1.57 bits per heavy atom. The molecule has 2 rings (SSSR count). The predicted octanol–water partition coefficient (Wildman–Crippen LogP) is 4.36. The van der Waals surface area contributed by atoms with Gasteiger partial charge in [0, 0.05) is 16.5 Å². The first-order chi connectivity index (χ1) is 10.6. The van der Waals surface area contributed by atoms with Gasteiger partial charge in [-0.1, -0.05) is 53.7 Å². The number of benzene rings is 1. The van der Waals surface area contributed by atoms with Crippen LogP contribution in [-0.4, -0.2) is 16.3 Å². The molecule has 0 atom stereocenters. The Kier molecular flexibility index (Phi) is 5.00. The highest BCUT2D eigenvalue weighted by molar-refractivity contribution is 5.38. The first-order valence-electron chi connectivity index (χ1n) is 8.53. The molecule has 126 valence electrons. The van der Waals surface area contributed by atoms with Crippen LogP contribution >= 0.6 is 0 Å². The van der Waals surface area contributed by atoms with E-state index in [1.54, 1.807) is 0 Å². The lowest BCUT2D eigenvalue weighted by Crippen LogP contribution is -2.17. The molecule has 0 radical (unpaired) electrons. The van der Waals surface area contributed by atoms with Crippen LogP contribution in [0.5, 0.6) is 0 Å². The third-order valence-electron chi connectivity index (χ3n) is 4.10. The highest BCUT2D eigenvalue weighted by Gasteiger charge is 2.26. The highest BCUT2D eigenvalue weighted by atomic mass is 15.3. The van der Waals surface area contributed by atoms with Gasteiger partial charge in [-0.05, 0) is 43.1 Å². The molecule has 1 heterocycles. The first kappa shape index (κ1) is 17.7. The molecule has 0 aliphatic heterocycles. The van der Waals surface area contributed by atoms with Gasteiger partial charge in [0.1, 0.15) is 0 Å². The predicted molar refractivity (Wildman–Crippen MR) is 98.3 cm³/mol. The van der Waals surface area contributed by atoms with Crippen LogP contribution in [0.4, 0.5) is 0 Å². The second-order valence-electron chi connectivity index (χ2n) is 8.39. The second kappa shape index (κ2) is 6.48. The third kappa shape index (κ3) is 4.23. The van der Waals surface area contributed by atoms with Crippen molar-refractivity contribution in [3.63, 3.8) is 0 Å². The normalized spacial score (nSPS) is 12.7. The zero-order valence-electron chi connectivity index (χ0n) is 15.5. The molecule has 1 aromatic heterocycles. The van der Waals surface area contributed by atoms with E-state index in [1.807, 2.05) is 0 Å². The van der Waals surface area contributed by atoms with Crippen LogP contribution in [0.25, 0.3) is 5.69 Å². The average Bonchev–Trinajstić information content (AvgIpc) is 2.91. The van der Waals surface area contributed by atoms with Gasteiger partial charge in [0.15, 0.2) is 0 Å². The molecule has 3 nitrogen and oxygen atoms in total. The molecular formula is C20H31N3. The van der Waals surface area contributed by atoms with E-state index in [1.165, 1.54) is 11.3 Å². The molecule has 0 aliphatic rings. The molecule has 3 heteroatoms. The Hall–Kier alpha value is -1.61. The van der Waals surface area contributed by atoms with Gasteiger partial charge in [-0.3, -0.25) is 0 Å². The largest absolute Gasteiger partial charge is 0.330 e. The minimum atomic E-state index is 0.0479. The van der Waals surface area contributed by atoms with Crippen LogP contribution < -0.4 is 5.73 Å². The molecule has 23 heavy (non-hydrogen) atoms. The van der Waals surface area contributed by atoms with Crippen molar-refractivity contribution in [2.45, 2.75) is 65.2 Å². The lowest BCUT2D eigenvalue weighted by atomic mass is 9.88. The van der Waals surface area contributed by atoms with Crippen molar-refractivity contribution in [3.05, 3.63) is 47.3 Å². The van der Waals surface area contributed by atoms with Crippen molar-refractivity contribution in [2.75, 3.05) is 6.54 Å². The fourth-order valence-corrected chi connectivity index (χ4v) is 2.59. The van der Waals surface area contributed by atoms with Crippen LogP contribution in [0, 0.1) is 0 Å². The van der Waals surface area contributed by atoms with E-state index in [0.717, 1.165) is 30.8 Å². The Morgan fingerprint density at radius 3 is 2.04 bits per heavy atom. The summed E-state index contributed by atoms with van der Waals surface area (Å²) in [5.74, 6) is 0. The van der Waals surface area contributed by atoms with Gasteiger partial charge in [-0.2, -0.15) is 5.10 Å². The van der Waals surface area contributed by atoms with Crippen LogP contribution in [0.3, 0.4) is 0 Å². The van der Waals surface area contributed by atoms with Crippen LogP contribution in [-0.2, 0) is 17.3 Å². The summed E-state index contributed by atoms with van der Waals surface area (Å²) in [6, 6.07) is 11.0. The lowest BCUT2D eigenvalue weighted by molar-refractivity contribution is 0.537. The number of aromatic nitrogens is 2. The molecule has 0 bridgehead atoms. The number of nitrogens with two attached hydrogens (primary N) is 1. The summed E-state index contributed by atoms with van der Waals surface area (Å²) in [5, 5.41) is 4.91. The number of nitrogens with zero attached hydrogens (tertiary/aromatic N) is 2. The SMILES string of the molecule is CC(C)(C)c1cc(C(C)(C)C)n(-c2ccc(CCCN)cc2)n1. The number of rotatable bonds is 4. The summed E-state index contributed by atoms with van der Waals surface area (Å²) in [5.41, 5.74) is 10.5. The lowest BCUT2D eigenvalue weighted by Gasteiger charge is -2.20. The maximum absolute atomic E-state index is 5.59. The Morgan fingerprint density at radius 1 is 0.957 bits per heavy atom. The second-order valence-corrected chi connectivity index (χ2v) is 8.39. The molecule has 0 amide bonds. The number of hydrogen-bond acceptors (Lipinski definition) is 2. The molecule has 2 N–H and O–H groups in total. The van der Waals surface area contributed by atoms with Crippen molar-refractivity contribution in [3.8, 4) is 5.69 Å². The minimum Gasteiger partial charge on any atom is -0.330 e. The molecule has 2 aromatic rings. The monoisotopic (exact) mass is 313 g/mol. The van der Waals surface area contributed by atoms with Crippen molar-refractivity contribution in [1.29, 1.82) is 0 Å². The van der Waals surface area contributed by atoms with Gasteiger partial charge in [0.2, 0.25) is 0 Å². The van der Waals surface area contributed by atoms with Crippen molar-refractivity contribution in [2.24, 2.45) is 5.73 Å². The average molecular weight is 313 g/mol. The maximum Gasteiger partial charge on any atom is 0.0685 e. The molecule has 0 spiro atoms. The molecular weight excluding hydrogens is 282 g/mol. The summed E-state index contributed by atoms with van der Waals surface area (Å²) in [4.78, 5) is 0. The van der Waals surface area contributed by atoms with Gasteiger partial charge in [-0.15, -0.1) is 0 Å². The van der Waals surface area contributed by atoms with Gasteiger partial charge < -0.3 is 5.73 Å². The zero-order valence-corrected chi connectivity index (χ0v) is 15.5. The number of hydrogen-bond donors (Lipinski definition) is 1. The standard InChI is InChI=1S/C20H31N3/c1-19(2,3)17-14-18(20(4,5)6)23(22-17)16-11-9-15(10-12-16)8-7-13-21/h9-12,14H,7-8,13,21H2,1-6H3. The summed E-state index contributed by atoms with van der Waals surface area (Å²) in [6.07, 6.45) is 2.07. The Bertz CT molecular complexity index is 637. The molecule has 1 aromatic carbocycles. The van der Waals surface area contributed by atoms with E-state index < -0.39 is 0 Å². The molecule has 0 unspecified atom stereocenters. The number of aryl methyl sites for hydroxylation is 1. The van der Waals surface area contributed by atoms with E-state index in [9.17, 15) is 0 Å². The van der Waals surface area contributed by atoms with Gasteiger partial charge in [-0.25, -0.2) is 4.68 Å². The van der Waals surface area contributed by atoms with Crippen molar-refractivity contribution < 1.29 is 0 Å². The van der Waals surface area contributed by atoms with E-state index in [2.05, 4.69) is 76.6 Å². The maximum atomic E-state index is 5.59. The summed E-state index contributed by atoms with van der Waals surface area (Å²) in [6.45, 7) is 14.1. The quantitative estimate of drug-likeness (QED) is 0.911. The highest BCUT2D eigenvalue weighted by Crippen LogP contribution is 2.30. The van der Waals surface area contributed by atoms with E-state index in [-0.39, 0.29) is 10.8 Å². The fourth-order valence-electron chi connectivity index (χ4n) is 2.59.